The Bertz CT molecular complexity index is 583. The van der Waals surface area contributed by atoms with Gasteiger partial charge in [-0.3, -0.25) is 4.98 Å². The minimum absolute atomic E-state index is 0.373. The highest BCUT2D eigenvalue weighted by Crippen LogP contribution is 2.11. The molecule has 0 spiro atoms. The Morgan fingerprint density at radius 2 is 2.16 bits per heavy atom. The Morgan fingerprint density at radius 1 is 1.32 bits per heavy atom. The van der Waals surface area contributed by atoms with Gasteiger partial charge in [0.1, 0.15) is 10.8 Å². The van der Waals surface area contributed by atoms with Crippen molar-refractivity contribution in [2.24, 2.45) is 5.73 Å². The van der Waals surface area contributed by atoms with Crippen LogP contribution in [-0.4, -0.2) is 15.0 Å². The molecule has 0 aliphatic rings. The van der Waals surface area contributed by atoms with Gasteiger partial charge < -0.3 is 11.1 Å². The number of anilines is 1. The summed E-state index contributed by atoms with van der Waals surface area (Å²) in [5.41, 5.74) is 8.68. The van der Waals surface area contributed by atoms with Crippen molar-refractivity contribution in [3.63, 3.8) is 0 Å². The van der Waals surface area contributed by atoms with E-state index in [0.717, 1.165) is 23.5 Å². The van der Waals surface area contributed by atoms with Crippen molar-refractivity contribution < 1.29 is 0 Å². The minimum atomic E-state index is 0.373. The first-order chi connectivity index (χ1) is 9.20. The van der Waals surface area contributed by atoms with Crippen molar-refractivity contribution in [3.8, 4) is 0 Å². The normalized spacial score (nSPS) is 10.2. The number of rotatable bonds is 5. The average molecular weight is 272 g/mol. The van der Waals surface area contributed by atoms with Crippen LogP contribution in [0.4, 0.5) is 5.82 Å². The highest BCUT2D eigenvalue weighted by atomic mass is 32.1. The Hall–Kier alpha value is -2.01. The van der Waals surface area contributed by atoms with Gasteiger partial charge in [0.15, 0.2) is 0 Å². The van der Waals surface area contributed by atoms with Gasteiger partial charge in [0.2, 0.25) is 0 Å². The molecule has 0 saturated heterocycles. The first-order valence-corrected chi connectivity index (χ1v) is 6.54. The number of pyridine rings is 2. The van der Waals surface area contributed by atoms with Gasteiger partial charge in [0.25, 0.3) is 0 Å². The van der Waals surface area contributed by atoms with E-state index in [2.05, 4.69) is 28.3 Å². The Kier molecular flexibility index (Phi) is 4.41. The van der Waals surface area contributed by atoms with E-state index in [1.165, 1.54) is 5.56 Å². The third kappa shape index (κ3) is 3.48. The maximum Gasteiger partial charge on any atom is 0.126 e. The predicted octanol–water partition coefficient (Wildman–Crippen LogP) is 2.29. The van der Waals surface area contributed by atoms with E-state index >= 15 is 0 Å². The monoisotopic (exact) mass is 272 g/mol. The lowest BCUT2D eigenvalue weighted by molar-refractivity contribution is 0.964. The summed E-state index contributed by atoms with van der Waals surface area (Å²) < 4.78 is 0. The molecule has 3 N–H and O–H groups in total. The first kappa shape index (κ1) is 13.4. The molecule has 5 heteroatoms. The van der Waals surface area contributed by atoms with Gasteiger partial charge in [0, 0.05) is 18.0 Å². The SMILES string of the molecule is CCc1cccnc1CNc1cc(C(N)=S)ccn1. The summed E-state index contributed by atoms with van der Waals surface area (Å²) in [6.07, 6.45) is 4.45. The van der Waals surface area contributed by atoms with Crippen LogP contribution in [0.3, 0.4) is 0 Å². The molecule has 0 fully saturated rings. The fourth-order valence-corrected chi connectivity index (χ4v) is 1.93. The van der Waals surface area contributed by atoms with Crippen LogP contribution in [-0.2, 0) is 13.0 Å². The topological polar surface area (TPSA) is 63.8 Å². The zero-order chi connectivity index (χ0) is 13.7. The Balaban J connectivity index is 2.10. The molecular weight excluding hydrogens is 256 g/mol. The van der Waals surface area contributed by atoms with E-state index in [1.54, 1.807) is 18.5 Å². The predicted molar refractivity (Wildman–Crippen MR) is 81.1 cm³/mol. The van der Waals surface area contributed by atoms with Crippen molar-refractivity contribution in [2.45, 2.75) is 19.9 Å². The van der Waals surface area contributed by atoms with Gasteiger partial charge in [0.05, 0.1) is 12.2 Å². The van der Waals surface area contributed by atoms with Crippen molar-refractivity contribution in [2.75, 3.05) is 5.32 Å². The maximum absolute atomic E-state index is 5.60. The number of aryl methyl sites for hydroxylation is 1. The summed E-state index contributed by atoms with van der Waals surface area (Å²) in [6.45, 7) is 2.75. The van der Waals surface area contributed by atoms with Crippen molar-refractivity contribution in [3.05, 3.63) is 53.5 Å². The van der Waals surface area contributed by atoms with Crippen molar-refractivity contribution >= 4 is 23.0 Å². The lowest BCUT2D eigenvalue weighted by Crippen LogP contribution is -2.11. The summed E-state index contributed by atoms with van der Waals surface area (Å²) in [4.78, 5) is 8.99. The van der Waals surface area contributed by atoms with Gasteiger partial charge in [-0.1, -0.05) is 25.2 Å². The average Bonchev–Trinajstić information content (AvgIpc) is 2.45. The van der Waals surface area contributed by atoms with Gasteiger partial charge in [-0.05, 0) is 30.2 Å². The number of hydrogen-bond acceptors (Lipinski definition) is 4. The van der Waals surface area contributed by atoms with Crippen LogP contribution in [0.1, 0.15) is 23.7 Å². The fraction of sp³-hybridized carbons (Fsp3) is 0.214. The zero-order valence-electron chi connectivity index (χ0n) is 10.8. The Labute approximate surface area is 118 Å². The molecule has 2 heterocycles. The van der Waals surface area contributed by atoms with Crippen LogP contribution in [0, 0.1) is 0 Å². The first-order valence-electron chi connectivity index (χ1n) is 6.13. The van der Waals surface area contributed by atoms with Gasteiger partial charge in [-0.2, -0.15) is 0 Å². The molecule has 0 saturated carbocycles. The van der Waals surface area contributed by atoms with E-state index in [1.807, 2.05) is 12.1 Å². The second-order valence-electron chi connectivity index (χ2n) is 4.11. The molecule has 0 bridgehead atoms. The minimum Gasteiger partial charge on any atom is -0.389 e. The number of nitrogens with two attached hydrogens (primary N) is 1. The molecular formula is C14H16N4S. The lowest BCUT2D eigenvalue weighted by Gasteiger charge is -2.09. The van der Waals surface area contributed by atoms with Crippen molar-refractivity contribution in [1.29, 1.82) is 0 Å². The molecule has 19 heavy (non-hydrogen) atoms. The summed E-state index contributed by atoms with van der Waals surface area (Å²) in [5.74, 6) is 0.748. The van der Waals surface area contributed by atoms with E-state index < -0.39 is 0 Å². The highest BCUT2D eigenvalue weighted by molar-refractivity contribution is 7.80. The van der Waals surface area contributed by atoms with Gasteiger partial charge in [-0.15, -0.1) is 0 Å². The largest absolute Gasteiger partial charge is 0.389 e. The van der Waals surface area contributed by atoms with E-state index in [0.29, 0.717) is 11.5 Å². The summed E-state index contributed by atoms with van der Waals surface area (Å²) >= 11 is 4.95. The quantitative estimate of drug-likeness (QED) is 0.818. The number of thiocarbonyl (C=S) groups is 1. The molecule has 4 nitrogen and oxygen atoms in total. The van der Waals surface area contributed by atoms with Crippen LogP contribution < -0.4 is 11.1 Å². The van der Waals surface area contributed by atoms with E-state index in [-0.39, 0.29) is 0 Å². The standard InChI is InChI=1S/C14H16N4S/c1-2-10-4-3-6-16-12(10)9-18-13-8-11(14(15)19)5-7-17-13/h3-8H,2,9H2,1H3,(H2,15,19)(H,17,18). The molecule has 98 valence electrons. The zero-order valence-corrected chi connectivity index (χ0v) is 11.6. The second-order valence-corrected chi connectivity index (χ2v) is 4.55. The van der Waals surface area contributed by atoms with Gasteiger partial charge in [-0.25, -0.2) is 4.98 Å². The maximum atomic E-state index is 5.60. The van der Waals surface area contributed by atoms with Crippen LogP contribution in [0.15, 0.2) is 36.7 Å². The van der Waals surface area contributed by atoms with E-state index in [4.69, 9.17) is 18.0 Å². The summed E-state index contributed by atoms with van der Waals surface area (Å²) in [5, 5.41) is 3.24. The number of hydrogen-bond donors (Lipinski definition) is 2. The van der Waals surface area contributed by atoms with Gasteiger partial charge >= 0.3 is 0 Å². The van der Waals surface area contributed by atoms with Crippen LogP contribution >= 0.6 is 12.2 Å². The molecule has 2 rings (SSSR count). The highest BCUT2D eigenvalue weighted by Gasteiger charge is 2.03. The third-order valence-electron chi connectivity index (χ3n) is 2.85. The Morgan fingerprint density at radius 3 is 2.89 bits per heavy atom. The third-order valence-corrected chi connectivity index (χ3v) is 3.08. The van der Waals surface area contributed by atoms with Crippen LogP contribution in [0.2, 0.25) is 0 Å². The van der Waals surface area contributed by atoms with Crippen LogP contribution in [0.25, 0.3) is 0 Å². The molecule has 0 amide bonds. The molecule has 0 aliphatic carbocycles. The smallest absolute Gasteiger partial charge is 0.126 e. The molecule has 2 aromatic rings. The molecule has 0 aliphatic heterocycles. The molecule has 0 atom stereocenters. The fourth-order valence-electron chi connectivity index (χ4n) is 1.81. The number of nitrogens with zero attached hydrogens (tertiary/aromatic N) is 2. The second kappa shape index (κ2) is 6.24. The van der Waals surface area contributed by atoms with E-state index in [9.17, 15) is 0 Å². The summed E-state index contributed by atoms with van der Waals surface area (Å²) in [6, 6.07) is 7.68. The van der Waals surface area contributed by atoms with Crippen LogP contribution in [0.5, 0.6) is 0 Å². The van der Waals surface area contributed by atoms with Crippen molar-refractivity contribution in [1.82, 2.24) is 9.97 Å². The summed E-state index contributed by atoms with van der Waals surface area (Å²) in [7, 11) is 0. The molecule has 0 aromatic carbocycles. The number of nitrogens with one attached hydrogen (secondary N) is 1. The molecule has 2 aromatic heterocycles. The molecule has 0 unspecified atom stereocenters. The molecule has 0 radical (unpaired) electrons. The lowest BCUT2D eigenvalue weighted by atomic mass is 10.1. The number of aromatic nitrogens is 2.